The summed E-state index contributed by atoms with van der Waals surface area (Å²) in [5.41, 5.74) is 1.70. The molecule has 0 atom stereocenters. The Bertz CT molecular complexity index is 511. The molecular formula is C13H12ClNO2. The van der Waals surface area contributed by atoms with Crippen molar-refractivity contribution in [3.05, 3.63) is 52.7 Å². The molecule has 17 heavy (non-hydrogen) atoms. The minimum absolute atomic E-state index is 0.0206. The lowest BCUT2D eigenvalue weighted by molar-refractivity contribution is 0.281. The van der Waals surface area contributed by atoms with Crippen LogP contribution in [-0.4, -0.2) is 10.1 Å². The van der Waals surface area contributed by atoms with Crippen LogP contribution in [0.25, 0.3) is 0 Å². The van der Waals surface area contributed by atoms with Crippen molar-refractivity contribution >= 4 is 11.6 Å². The molecule has 1 aromatic carbocycles. The molecule has 0 amide bonds. The summed E-state index contributed by atoms with van der Waals surface area (Å²) in [7, 11) is 0. The lowest BCUT2D eigenvalue weighted by Crippen LogP contribution is -1.91. The first kappa shape index (κ1) is 11.9. The van der Waals surface area contributed by atoms with Crippen LogP contribution in [0.2, 0.25) is 5.02 Å². The number of aryl methyl sites for hydroxylation is 1. The number of hydrogen-bond acceptors (Lipinski definition) is 3. The standard InChI is InChI=1S/C13H12ClNO2/c1-9-6-11(14)3-4-12(9)17-13-5-2-10(8-16)7-15-13/h2-7,16H,8H2,1H3. The van der Waals surface area contributed by atoms with Gasteiger partial charge in [0.2, 0.25) is 5.88 Å². The van der Waals surface area contributed by atoms with Crippen LogP contribution in [0.15, 0.2) is 36.5 Å². The number of nitrogens with zero attached hydrogens (tertiary/aromatic N) is 1. The maximum Gasteiger partial charge on any atom is 0.219 e. The van der Waals surface area contributed by atoms with E-state index in [-0.39, 0.29) is 6.61 Å². The van der Waals surface area contributed by atoms with Crippen LogP contribution in [0, 0.1) is 6.92 Å². The van der Waals surface area contributed by atoms with Crippen LogP contribution in [0.5, 0.6) is 11.6 Å². The molecule has 0 bridgehead atoms. The van der Waals surface area contributed by atoms with Crippen molar-refractivity contribution in [2.45, 2.75) is 13.5 Å². The van der Waals surface area contributed by atoms with Crippen LogP contribution < -0.4 is 4.74 Å². The normalized spacial score (nSPS) is 10.3. The van der Waals surface area contributed by atoms with Gasteiger partial charge in [-0.25, -0.2) is 4.98 Å². The largest absolute Gasteiger partial charge is 0.439 e. The van der Waals surface area contributed by atoms with E-state index in [2.05, 4.69) is 4.98 Å². The molecule has 3 nitrogen and oxygen atoms in total. The molecule has 0 spiro atoms. The number of benzene rings is 1. The fourth-order valence-corrected chi connectivity index (χ4v) is 1.63. The summed E-state index contributed by atoms with van der Waals surface area (Å²) in [6, 6.07) is 8.90. The summed E-state index contributed by atoms with van der Waals surface area (Å²) >= 11 is 5.86. The maximum atomic E-state index is 8.90. The van der Waals surface area contributed by atoms with Crippen LogP contribution in [-0.2, 0) is 6.61 Å². The van der Waals surface area contributed by atoms with Gasteiger partial charge < -0.3 is 9.84 Å². The van der Waals surface area contributed by atoms with Gasteiger partial charge in [-0.3, -0.25) is 0 Å². The molecule has 2 aromatic rings. The van der Waals surface area contributed by atoms with Gasteiger partial charge in [-0.2, -0.15) is 0 Å². The lowest BCUT2D eigenvalue weighted by atomic mass is 10.2. The average Bonchev–Trinajstić information content (AvgIpc) is 2.34. The Morgan fingerprint density at radius 3 is 2.71 bits per heavy atom. The van der Waals surface area contributed by atoms with E-state index in [0.29, 0.717) is 10.9 Å². The molecule has 0 radical (unpaired) electrons. The third-order valence-corrected chi connectivity index (χ3v) is 2.57. The summed E-state index contributed by atoms with van der Waals surface area (Å²) in [6.07, 6.45) is 1.58. The van der Waals surface area contributed by atoms with E-state index < -0.39 is 0 Å². The quantitative estimate of drug-likeness (QED) is 0.907. The average molecular weight is 250 g/mol. The van der Waals surface area contributed by atoms with Crippen molar-refractivity contribution in [3.8, 4) is 11.6 Å². The molecule has 0 aliphatic carbocycles. The molecule has 0 unspecified atom stereocenters. The third-order valence-electron chi connectivity index (χ3n) is 2.33. The van der Waals surface area contributed by atoms with Gasteiger partial charge in [0.15, 0.2) is 0 Å². The van der Waals surface area contributed by atoms with Crippen LogP contribution in [0.4, 0.5) is 0 Å². The molecule has 1 heterocycles. The van der Waals surface area contributed by atoms with Crippen molar-refractivity contribution in [3.63, 3.8) is 0 Å². The molecule has 0 saturated carbocycles. The van der Waals surface area contributed by atoms with E-state index in [1.807, 2.05) is 13.0 Å². The molecular weight excluding hydrogens is 238 g/mol. The van der Waals surface area contributed by atoms with Gasteiger partial charge in [-0.15, -0.1) is 0 Å². The smallest absolute Gasteiger partial charge is 0.219 e. The molecule has 0 saturated heterocycles. The summed E-state index contributed by atoms with van der Waals surface area (Å²) in [5.74, 6) is 1.21. The summed E-state index contributed by atoms with van der Waals surface area (Å²) < 4.78 is 5.61. The third kappa shape index (κ3) is 2.96. The monoisotopic (exact) mass is 249 g/mol. The van der Waals surface area contributed by atoms with E-state index in [4.69, 9.17) is 21.4 Å². The minimum Gasteiger partial charge on any atom is -0.439 e. The van der Waals surface area contributed by atoms with Crippen LogP contribution >= 0.6 is 11.6 Å². The number of aliphatic hydroxyl groups is 1. The Morgan fingerprint density at radius 1 is 1.29 bits per heavy atom. The second-order valence-electron chi connectivity index (χ2n) is 3.67. The topological polar surface area (TPSA) is 42.4 Å². The van der Waals surface area contributed by atoms with Gasteiger partial charge in [0, 0.05) is 17.3 Å². The van der Waals surface area contributed by atoms with Crippen molar-refractivity contribution in [2.24, 2.45) is 0 Å². The van der Waals surface area contributed by atoms with Gasteiger partial charge in [-0.1, -0.05) is 11.6 Å². The number of hydrogen-bond donors (Lipinski definition) is 1. The number of halogens is 1. The molecule has 1 aromatic heterocycles. The zero-order valence-corrected chi connectivity index (χ0v) is 10.1. The fourth-order valence-electron chi connectivity index (χ4n) is 1.40. The van der Waals surface area contributed by atoms with Gasteiger partial charge in [0.1, 0.15) is 5.75 Å². The molecule has 2 rings (SSSR count). The highest BCUT2D eigenvalue weighted by Crippen LogP contribution is 2.26. The Labute approximate surface area is 105 Å². The number of rotatable bonds is 3. The van der Waals surface area contributed by atoms with E-state index in [1.54, 1.807) is 30.5 Å². The van der Waals surface area contributed by atoms with Crippen molar-refractivity contribution in [1.82, 2.24) is 4.98 Å². The van der Waals surface area contributed by atoms with Crippen LogP contribution in [0.3, 0.4) is 0 Å². The second kappa shape index (κ2) is 5.17. The van der Waals surface area contributed by atoms with E-state index >= 15 is 0 Å². The zero-order valence-electron chi connectivity index (χ0n) is 9.35. The first-order chi connectivity index (χ1) is 8.19. The molecule has 0 aliphatic rings. The predicted molar refractivity (Wildman–Crippen MR) is 66.4 cm³/mol. The van der Waals surface area contributed by atoms with Gasteiger partial charge >= 0.3 is 0 Å². The Balaban J connectivity index is 2.19. The van der Waals surface area contributed by atoms with Crippen molar-refractivity contribution in [1.29, 1.82) is 0 Å². The number of ether oxygens (including phenoxy) is 1. The van der Waals surface area contributed by atoms with Gasteiger partial charge in [0.25, 0.3) is 0 Å². The predicted octanol–water partition coefficient (Wildman–Crippen LogP) is 3.33. The molecule has 0 fully saturated rings. The molecule has 4 heteroatoms. The summed E-state index contributed by atoms with van der Waals surface area (Å²) in [5, 5.41) is 9.58. The SMILES string of the molecule is Cc1cc(Cl)ccc1Oc1ccc(CO)cn1. The van der Waals surface area contributed by atoms with E-state index in [1.165, 1.54) is 0 Å². The Morgan fingerprint density at radius 2 is 2.12 bits per heavy atom. The number of aromatic nitrogens is 1. The zero-order chi connectivity index (χ0) is 12.3. The number of pyridine rings is 1. The molecule has 0 aliphatic heterocycles. The first-order valence-electron chi connectivity index (χ1n) is 5.19. The van der Waals surface area contributed by atoms with Crippen molar-refractivity contribution < 1.29 is 9.84 Å². The Hall–Kier alpha value is -1.58. The lowest BCUT2D eigenvalue weighted by Gasteiger charge is -2.08. The van der Waals surface area contributed by atoms with Crippen molar-refractivity contribution in [2.75, 3.05) is 0 Å². The highest BCUT2D eigenvalue weighted by atomic mass is 35.5. The Kier molecular flexibility index (Phi) is 3.61. The minimum atomic E-state index is -0.0206. The summed E-state index contributed by atoms with van der Waals surface area (Å²) in [4.78, 5) is 4.09. The maximum absolute atomic E-state index is 8.90. The highest BCUT2D eigenvalue weighted by molar-refractivity contribution is 6.30. The van der Waals surface area contributed by atoms with E-state index in [0.717, 1.165) is 16.9 Å². The molecule has 1 N–H and O–H groups in total. The molecule has 88 valence electrons. The fraction of sp³-hybridized carbons (Fsp3) is 0.154. The number of aliphatic hydroxyl groups excluding tert-OH is 1. The van der Waals surface area contributed by atoms with E-state index in [9.17, 15) is 0 Å². The van der Waals surface area contributed by atoms with Gasteiger partial charge in [0.05, 0.1) is 6.61 Å². The second-order valence-corrected chi connectivity index (χ2v) is 4.11. The van der Waals surface area contributed by atoms with Crippen LogP contribution in [0.1, 0.15) is 11.1 Å². The first-order valence-corrected chi connectivity index (χ1v) is 5.56. The summed E-state index contributed by atoms with van der Waals surface area (Å²) in [6.45, 7) is 1.90. The highest BCUT2D eigenvalue weighted by Gasteiger charge is 2.03. The van der Waals surface area contributed by atoms with Gasteiger partial charge in [-0.05, 0) is 42.3 Å².